The van der Waals surface area contributed by atoms with E-state index in [1.807, 2.05) is 0 Å². The summed E-state index contributed by atoms with van der Waals surface area (Å²) in [7, 11) is 0. The summed E-state index contributed by atoms with van der Waals surface area (Å²) < 4.78 is 0. The molecule has 0 unspecified atom stereocenters. The molecule has 0 saturated carbocycles. The summed E-state index contributed by atoms with van der Waals surface area (Å²) in [5.41, 5.74) is 5.95. The Hall–Kier alpha value is -0.120. The van der Waals surface area contributed by atoms with Gasteiger partial charge < -0.3 is 10.8 Å². The standard InChI is InChI=1S/C9H20N2O/c1-9(2,3)11-5-4-8(12)7(10)6-11/h7-8,12H,4-6,10H2,1-3H3/t7-,8-/m0/s1. The number of piperidine rings is 1. The van der Waals surface area contributed by atoms with E-state index in [0.29, 0.717) is 0 Å². The molecule has 72 valence electrons. The quantitative estimate of drug-likeness (QED) is 0.548. The lowest BCUT2D eigenvalue weighted by molar-refractivity contribution is 0.0219. The van der Waals surface area contributed by atoms with Gasteiger partial charge in [-0.1, -0.05) is 0 Å². The number of aliphatic hydroxyl groups excluding tert-OH is 1. The van der Waals surface area contributed by atoms with Crippen LogP contribution in [0, 0.1) is 0 Å². The van der Waals surface area contributed by atoms with Gasteiger partial charge in [-0.25, -0.2) is 0 Å². The zero-order valence-electron chi connectivity index (χ0n) is 8.25. The van der Waals surface area contributed by atoms with Crippen LogP contribution >= 0.6 is 0 Å². The molecule has 3 heteroatoms. The largest absolute Gasteiger partial charge is 0.391 e. The van der Waals surface area contributed by atoms with Crippen LogP contribution in [-0.4, -0.2) is 40.8 Å². The number of hydrogen-bond donors (Lipinski definition) is 2. The summed E-state index contributed by atoms with van der Waals surface area (Å²) in [6.45, 7) is 8.30. The summed E-state index contributed by atoms with van der Waals surface area (Å²) in [5, 5.41) is 9.41. The summed E-state index contributed by atoms with van der Waals surface area (Å²) in [4.78, 5) is 2.32. The Labute approximate surface area is 74.5 Å². The molecule has 1 fully saturated rings. The zero-order valence-corrected chi connectivity index (χ0v) is 8.25. The molecule has 1 saturated heterocycles. The van der Waals surface area contributed by atoms with Gasteiger partial charge in [0.2, 0.25) is 0 Å². The minimum Gasteiger partial charge on any atom is -0.391 e. The molecule has 1 rings (SSSR count). The molecule has 0 bridgehead atoms. The van der Waals surface area contributed by atoms with E-state index in [1.165, 1.54) is 0 Å². The summed E-state index contributed by atoms with van der Waals surface area (Å²) in [6, 6.07) is -0.0713. The van der Waals surface area contributed by atoms with E-state index in [4.69, 9.17) is 5.73 Å². The lowest BCUT2D eigenvalue weighted by Gasteiger charge is -2.42. The molecule has 1 aliphatic heterocycles. The van der Waals surface area contributed by atoms with Gasteiger partial charge >= 0.3 is 0 Å². The average Bonchev–Trinajstić information content (AvgIpc) is 1.92. The van der Waals surface area contributed by atoms with Gasteiger partial charge in [-0.3, -0.25) is 4.90 Å². The van der Waals surface area contributed by atoms with Crippen LogP contribution < -0.4 is 5.73 Å². The highest BCUT2D eigenvalue weighted by molar-refractivity contribution is 4.88. The molecule has 2 atom stereocenters. The maximum absolute atomic E-state index is 9.41. The maximum atomic E-state index is 9.41. The zero-order chi connectivity index (χ0) is 9.35. The molecule has 3 N–H and O–H groups in total. The third-order valence-electron chi connectivity index (χ3n) is 2.57. The van der Waals surface area contributed by atoms with Crippen molar-refractivity contribution in [1.29, 1.82) is 0 Å². The third-order valence-corrected chi connectivity index (χ3v) is 2.57. The first-order chi connectivity index (χ1) is 5.41. The van der Waals surface area contributed by atoms with Gasteiger partial charge in [-0.15, -0.1) is 0 Å². The van der Waals surface area contributed by atoms with Crippen molar-refractivity contribution in [2.75, 3.05) is 13.1 Å². The van der Waals surface area contributed by atoms with E-state index in [0.717, 1.165) is 19.5 Å². The predicted molar refractivity (Wildman–Crippen MR) is 49.9 cm³/mol. The smallest absolute Gasteiger partial charge is 0.0715 e. The topological polar surface area (TPSA) is 49.5 Å². The van der Waals surface area contributed by atoms with Gasteiger partial charge in [0.25, 0.3) is 0 Å². The summed E-state index contributed by atoms with van der Waals surface area (Å²) >= 11 is 0. The highest BCUT2D eigenvalue weighted by Crippen LogP contribution is 2.19. The Morgan fingerprint density at radius 2 is 2.00 bits per heavy atom. The predicted octanol–water partition coefficient (Wildman–Crippen LogP) is 0.179. The number of rotatable bonds is 0. The maximum Gasteiger partial charge on any atom is 0.0715 e. The number of hydrogen-bond acceptors (Lipinski definition) is 3. The Kier molecular flexibility index (Phi) is 2.76. The fourth-order valence-corrected chi connectivity index (χ4v) is 1.58. The lowest BCUT2D eigenvalue weighted by Crippen LogP contribution is -2.56. The second kappa shape index (κ2) is 3.32. The molecule has 0 spiro atoms. The van der Waals surface area contributed by atoms with E-state index >= 15 is 0 Å². The molecule has 1 heterocycles. The van der Waals surface area contributed by atoms with Crippen LogP contribution in [0.1, 0.15) is 27.2 Å². The first-order valence-corrected chi connectivity index (χ1v) is 4.60. The van der Waals surface area contributed by atoms with Gasteiger partial charge in [0.1, 0.15) is 0 Å². The third kappa shape index (κ3) is 2.19. The average molecular weight is 172 g/mol. The summed E-state index contributed by atoms with van der Waals surface area (Å²) in [5.74, 6) is 0. The van der Waals surface area contributed by atoms with Crippen LogP contribution in [0.4, 0.5) is 0 Å². The Morgan fingerprint density at radius 3 is 2.42 bits per heavy atom. The second-order valence-electron chi connectivity index (χ2n) is 4.64. The number of nitrogens with two attached hydrogens (primary N) is 1. The van der Waals surface area contributed by atoms with Crippen molar-refractivity contribution in [3.63, 3.8) is 0 Å². The molecular formula is C9H20N2O. The number of likely N-dealkylation sites (tertiary alicyclic amines) is 1. The van der Waals surface area contributed by atoms with Crippen LogP contribution in [-0.2, 0) is 0 Å². The Balaban J connectivity index is 2.51. The molecule has 0 amide bonds. The van der Waals surface area contributed by atoms with Crippen molar-refractivity contribution < 1.29 is 5.11 Å². The lowest BCUT2D eigenvalue weighted by atomic mass is 9.97. The molecule has 0 aromatic heterocycles. The van der Waals surface area contributed by atoms with Crippen LogP contribution in [0.2, 0.25) is 0 Å². The van der Waals surface area contributed by atoms with Crippen molar-refractivity contribution in [1.82, 2.24) is 4.90 Å². The van der Waals surface area contributed by atoms with Crippen molar-refractivity contribution in [2.24, 2.45) is 5.73 Å². The van der Waals surface area contributed by atoms with Crippen LogP contribution in [0.25, 0.3) is 0 Å². The van der Waals surface area contributed by atoms with Crippen LogP contribution in [0.3, 0.4) is 0 Å². The minimum atomic E-state index is -0.302. The van der Waals surface area contributed by atoms with Crippen molar-refractivity contribution in [3.05, 3.63) is 0 Å². The molecule has 0 aliphatic carbocycles. The van der Waals surface area contributed by atoms with Gasteiger partial charge in [-0.05, 0) is 27.2 Å². The van der Waals surface area contributed by atoms with Crippen molar-refractivity contribution in [2.45, 2.75) is 44.9 Å². The van der Waals surface area contributed by atoms with Crippen LogP contribution in [0.5, 0.6) is 0 Å². The normalized spacial score (nSPS) is 33.8. The van der Waals surface area contributed by atoms with Gasteiger partial charge in [0.05, 0.1) is 6.10 Å². The first-order valence-electron chi connectivity index (χ1n) is 4.60. The van der Waals surface area contributed by atoms with Gasteiger partial charge in [0.15, 0.2) is 0 Å². The second-order valence-corrected chi connectivity index (χ2v) is 4.64. The van der Waals surface area contributed by atoms with Crippen molar-refractivity contribution >= 4 is 0 Å². The Morgan fingerprint density at radius 1 is 1.42 bits per heavy atom. The number of aliphatic hydroxyl groups is 1. The molecule has 3 nitrogen and oxygen atoms in total. The van der Waals surface area contributed by atoms with E-state index in [9.17, 15) is 5.11 Å². The van der Waals surface area contributed by atoms with Gasteiger partial charge in [-0.2, -0.15) is 0 Å². The van der Waals surface area contributed by atoms with E-state index < -0.39 is 0 Å². The Bertz CT molecular complexity index is 153. The monoisotopic (exact) mass is 172 g/mol. The van der Waals surface area contributed by atoms with E-state index in [-0.39, 0.29) is 17.7 Å². The minimum absolute atomic E-state index is 0.0713. The fraction of sp³-hybridized carbons (Fsp3) is 1.00. The molecule has 0 aromatic carbocycles. The highest BCUT2D eigenvalue weighted by Gasteiger charge is 2.30. The molecule has 0 radical (unpaired) electrons. The van der Waals surface area contributed by atoms with E-state index in [2.05, 4.69) is 25.7 Å². The van der Waals surface area contributed by atoms with Crippen molar-refractivity contribution in [3.8, 4) is 0 Å². The van der Waals surface area contributed by atoms with Crippen LogP contribution in [0.15, 0.2) is 0 Å². The van der Waals surface area contributed by atoms with E-state index in [1.54, 1.807) is 0 Å². The molecule has 1 aliphatic rings. The highest BCUT2D eigenvalue weighted by atomic mass is 16.3. The number of nitrogens with zero attached hydrogens (tertiary/aromatic N) is 1. The molecule has 12 heavy (non-hydrogen) atoms. The molecule has 0 aromatic rings. The first kappa shape index (κ1) is 9.96. The fourth-order valence-electron chi connectivity index (χ4n) is 1.58. The summed E-state index contributed by atoms with van der Waals surface area (Å²) in [6.07, 6.45) is 0.502. The van der Waals surface area contributed by atoms with Gasteiger partial charge in [0, 0.05) is 24.7 Å². The molecular weight excluding hydrogens is 152 g/mol. The SMILES string of the molecule is CC(C)(C)N1CC[C@H](O)[C@@H](N)C1.